The fourth-order valence-corrected chi connectivity index (χ4v) is 1.76. The van der Waals surface area contributed by atoms with Crippen LogP contribution >= 0.6 is 0 Å². The molecule has 1 N–H and O–H groups in total. The van der Waals surface area contributed by atoms with Crippen LogP contribution in [-0.4, -0.2) is 31.4 Å². The van der Waals surface area contributed by atoms with Crippen molar-refractivity contribution in [3.8, 4) is 5.75 Å². The van der Waals surface area contributed by atoms with Crippen molar-refractivity contribution in [2.75, 3.05) is 26.1 Å². The summed E-state index contributed by atoms with van der Waals surface area (Å²) in [6.07, 6.45) is 0. The van der Waals surface area contributed by atoms with E-state index < -0.39 is 0 Å². The van der Waals surface area contributed by atoms with Crippen molar-refractivity contribution in [3.05, 3.63) is 42.1 Å². The first-order chi connectivity index (χ1) is 9.24. The Morgan fingerprint density at radius 2 is 2.05 bits per heavy atom. The molecule has 0 aliphatic rings. The maximum Gasteiger partial charge on any atom is 0.155 e. The normalized spacial score (nSPS) is 10.3. The second-order valence-electron chi connectivity index (χ2n) is 4.17. The van der Waals surface area contributed by atoms with E-state index in [9.17, 15) is 0 Å². The summed E-state index contributed by atoms with van der Waals surface area (Å²) in [4.78, 5) is 1.97. The molecule has 1 heterocycles. The third-order valence-electron chi connectivity index (χ3n) is 2.85. The van der Waals surface area contributed by atoms with Gasteiger partial charge in [0, 0.05) is 25.3 Å². The van der Waals surface area contributed by atoms with Crippen LogP contribution < -0.4 is 15.0 Å². The molecule has 0 spiro atoms. The molecule has 0 bridgehead atoms. The summed E-state index contributed by atoms with van der Waals surface area (Å²) in [7, 11) is 5.50. The molecule has 0 saturated heterocycles. The Balaban J connectivity index is 2.20. The first-order valence-corrected chi connectivity index (χ1v) is 6.09. The van der Waals surface area contributed by atoms with Crippen LogP contribution in [0.3, 0.4) is 0 Å². The predicted molar refractivity (Wildman–Crippen MR) is 75.9 cm³/mol. The van der Waals surface area contributed by atoms with Gasteiger partial charge in [-0.05, 0) is 31.3 Å². The second kappa shape index (κ2) is 6.15. The van der Waals surface area contributed by atoms with Gasteiger partial charge in [-0.1, -0.05) is 6.07 Å². The summed E-state index contributed by atoms with van der Waals surface area (Å²) >= 11 is 0. The molecule has 1 aromatic carbocycles. The van der Waals surface area contributed by atoms with Crippen LogP contribution in [0.15, 0.2) is 36.4 Å². The van der Waals surface area contributed by atoms with Crippen molar-refractivity contribution in [2.45, 2.75) is 6.54 Å². The lowest BCUT2D eigenvalue weighted by atomic mass is 10.2. The smallest absolute Gasteiger partial charge is 0.155 e. The van der Waals surface area contributed by atoms with Crippen molar-refractivity contribution < 1.29 is 4.74 Å². The Labute approximate surface area is 113 Å². The molecule has 0 saturated carbocycles. The van der Waals surface area contributed by atoms with Gasteiger partial charge in [0.15, 0.2) is 5.82 Å². The third-order valence-corrected chi connectivity index (χ3v) is 2.85. The molecule has 0 radical (unpaired) electrons. The van der Waals surface area contributed by atoms with E-state index in [1.807, 2.05) is 55.4 Å². The number of aromatic nitrogens is 2. The summed E-state index contributed by atoms with van der Waals surface area (Å²) in [5.74, 6) is 1.62. The van der Waals surface area contributed by atoms with Gasteiger partial charge in [0.25, 0.3) is 0 Å². The van der Waals surface area contributed by atoms with Gasteiger partial charge in [0.05, 0.1) is 12.8 Å². The molecule has 2 rings (SSSR count). The highest BCUT2D eigenvalue weighted by molar-refractivity contribution is 5.60. The van der Waals surface area contributed by atoms with E-state index in [2.05, 4.69) is 15.5 Å². The van der Waals surface area contributed by atoms with Crippen molar-refractivity contribution in [2.24, 2.45) is 0 Å². The fourth-order valence-electron chi connectivity index (χ4n) is 1.76. The van der Waals surface area contributed by atoms with E-state index >= 15 is 0 Å². The minimum atomic E-state index is 0.718. The molecule has 1 aromatic heterocycles. The molecule has 0 aliphatic heterocycles. The van der Waals surface area contributed by atoms with Gasteiger partial charge in [-0.2, -0.15) is 5.10 Å². The number of hydrogen-bond donors (Lipinski definition) is 1. The van der Waals surface area contributed by atoms with E-state index in [0.717, 1.165) is 29.5 Å². The van der Waals surface area contributed by atoms with Crippen LogP contribution in [0, 0.1) is 0 Å². The molecule has 19 heavy (non-hydrogen) atoms. The molecule has 5 nitrogen and oxygen atoms in total. The number of anilines is 2. The highest BCUT2D eigenvalue weighted by Crippen LogP contribution is 2.24. The lowest BCUT2D eigenvalue weighted by Gasteiger charge is -2.18. The quantitative estimate of drug-likeness (QED) is 0.888. The number of methoxy groups -OCH3 is 1. The molecular weight excluding hydrogens is 240 g/mol. The van der Waals surface area contributed by atoms with Gasteiger partial charge in [0.2, 0.25) is 0 Å². The SMILES string of the molecule is CNCc1ccc(N(C)c2cccc(OC)c2)nn1. The second-order valence-corrected chi connectivity index (χ2v) is 4.17. The van der Waals surface area contributed by atoms with Crippen LogP contribution in [0.2, 0.25) is 0 Å². The zero-order valence-corrected chi connectivity index (χ0v) is 11.4. The number of hydrogen-bond acceptors (Lipinski definition) is 5. The zero-order valence-electron chi connectivity index (χ0n) is 11.4. The maximum absolute atomic E-state index is 5.22. The first kappa shape index (κ1) is 13.3. The van der Waals surface area contributed by atoms with E-state index in [0.29, 0.717) is 0 Å². The molecular formula is C14H18N4O. The number of nitrogens with one attached hydrogen (secondary N) is 1. The average molecular weight is 258 g/mol. The summed E-state index contributed by atoms with van der Waals surface area (Å²) in [6.45, 7) is 0.718. The standard InChI is InChI=1S/C14H18N4O/c1-15-10-11-7-8-14(17-16-11)18(2)12-5-4-6-13(9-12)19-3/h4-9,15H,10H2,1-3H3. The number of rotatable bonds is 5. The Hall–Kier alpha value is -2.14. The van der Waals surface area contributed by atoms with Crippen LogP contribution in [0.4, 0.5) is 11.5 Å². The van der Waals surface area contributed by atoms with Crippen molar-refractivity contribution in [1.82, 2.24) is 15.5 Å². The van der Waals surface area contributed by atoms with Crippen molar-refractivity contribution in [1.29, 1.82) is 0 Å². The zero-order chi connectivity index (χ0) is 13.7. The molecule has 5 heteroatoms. The van der Waals surface area contributed by atoms with E-state index in [1.54, 1.807) is 7.11 Å². The first-order valence-electron chi connectivity index (χ1n) is 6.09. The fraction of sp³-hybridized carbons (Fsp3) is 0.286. The van der Waals surface area contributed by atoms with Crippen molar-refractivity contribution >= 4 is 11.5 Å². The Kier molecular flexibility index (Phi) is 4.30. The van der Waals surface area contributed by atoms with Gasteiger partial charge in [0.1, 0.15) is 5.75 Å². The van der Waals surface area contributed by atoms with Gasteiger partial charge < -0.3 is 15.0 Å². The van der Waals surface area contributed by atoms with Crippen LogP contribution in [0.5, 0.6) is 5.75 Å². The van der Waals surface area contributed by atoms with E-state index in [1.165, 1.54) is 0 Å². The monoisotopic (exact) mass is 258 g/mol. The minimum absolute atomic E-state index is 0.718. The van der Waals surface area contributed by atoms with Gasteiger partial charge in [-0.15, -0.1) is 5.10 Å². The lowest BCUT2D eigenvalue weighted by Crippen LogP contribution is -2.13. The molecule has 0 aliphatic carbocycles. The van der Waals surface area contributed by atoms with E-state index in [-0.39, 0.29) is 0 Å². The number of benzene rings is 1. The molecule has 0 fully saturated rings. The van der Waals surface area contributed by atoms with Crippen LogP contribution in [-0.2, 0) is 6.54 Å². The van der Waals surface area contributed by atoms with Gasteiger partial charge in [-0.3, -0.25) is 0 Å². The Bertz CT molecular complexity index is 527. The third kappa shape index (κ3) is 3.20. The Morgan fingerprint density at radius 1 is 1.21 bits per heavy atom. The van der Waals surface area contributed by atoms with Gasteiger partial charge in [-0.25, -0.2) is 0 Å². The maximum atomic E-state index is 5.22. The number of ether oxygens (including phenoxy) is 1. The van der Waals surface area contributed by atoms with Gasteiger partial charge >= 0.3 is 0 Å². The van der Waals surface area contributed by atoms with E-state index in [4.69, 9.17) is 4.74 Å². The molecule has 0 atom stereocenters. The summed E-state index contributed by atoms with van der Waals surface area (Å²) < 4.78 is 5.22. The summed E-state index contributed by atoms with van der Waals surface area (Å²) in [5, 5.41) is 11.4. The summed E-state index contributed by atoms with van der Waals surface area (Å²) in [6, 6.07) is 11.8. The predicted octanol–water partition coefficient (Wildman–Crippen LogP) is 1.97. The highest BCUT2D eigenvalue weighted by Gasteiger charge is 2.07. The van der Waals surface area contributed by atoms with Crippen LogP contribution in [0.1, 0.15) is 5.69 Å². The lowest BCUT2D eigenvalue weighted by molar-refractivity contribution is 0.415. The molecule has 0 amide bonds. The minimum Gasteiger partial charge on any atom is -0.497 e. The highest BCUT2D eigenvalue weighted by atomic mass is 16.5. The van der Waals surface area contributed by atoms with Crippen LogP contribution in [0.25, 0.3) is 0 Å². The topological polar surface area (TPSA) is 50.3 Å². The largest absolute Gasteiger partial charge is 0.497 e. The summed E-state index contributed by atoms with van der Waals surface area (Å²) in [5.41, 5.74) is 1.93. The number of nitrogens with zero attached hydrogens (tertiary/aromatic N) is 3. The van der Waals surface area contributed by atoms with Crippen molar-refractivity contribution in [3.63, 3.8) is 0 Å². The Morgan fingerprint density at radius 3 is 2.68 bits per heavy atom. The average Bonchev–Trinajstić information content (AvgIpc) is 2.48. The molecule has 100 valence electrons. The molecule has 2 aromatic rings. The molecule has 0 unspecified atom stereocenters.